The Hall–Kier alpha value is -0.343. The third kappa shape index (κ3) is 5.69. The van der Waals surface area contributed by atoms with E-state index in [1.165, 1.54) is 23.7 Å². The van der Waals surface area contributed by atoms with Gasteiger partial charge < -0.3 is 4.43 Å². The molecule has 0 saturated heterocycles. The van der Waals surface area contributed by atoms with Crippen molar-refractivity contribution < 1.29 is 4.43 Å². The molecule has 0 radical (unpaired) electrons. The molecule has 1 atom stereocenters. The van der Waals surface area contributed by atoms with Gasteiger partial charge in [0, 0.05) is 0 Å². The van der Waals surface area contributed by atoms with Crippen molar-refractivity contribution in [1.29, 1.82) is 0 Å². The van der Waals surface area contributed by atoms with Gasteiger partial charge in [0.25, 0.3) is 0 Å². The smallest absolute Gasteiger partial charge is 0.192 e. The van der Waals surface area contributed by atoms with Crippen LogP contribution in [-0.4, -0.2) is 14.4 Å². The van der Waals surface area contributed by atoms with Crippen LogP contribution in [0.5, 0.6) is 0 Å². The van der Waals surface area contributed by atoms with Crippen LogP contribution in [0.3, 0.4) is 0 Å². The molecule has 0 aromatic carbocycles. The molecule has 0 unspecified atom stereocenters. The molecule has 2 heteroatoms. The van der Waals surface area contributed by atoms with E-state index < -0.39 is 8.32 Å². The summed E-state index contributed by atoms with van der Waals surface area (Å²) in [5.41, 5.74) is 1.44. The summed E-state index contributed by atoms with van der Waals surface area (Å²) in [5, 5.41) is 0. The summed E-state index contributed by atoms with van der Waals surface area (Å²) in [6.07, 6.45) is 6.62. The van der Waals surface area contributed by atoms with Crippen molar-refractivity contribution in [3.05, 3.63) is 24.3 Å². The fourth-order valence-electron chi connectivity index (χ4n) is 2.06. The van der Waals surface area contributed by atoms with E-state index in [0.29, 0.717) is 0 Å². The van der Waals surface area contributed by atoms with Gasteiger partial charge in [0.2, 0.25) is 0 Å². The quantitative estimate of drug-likeness (QED) is 0.400. The molecule has 0 fully saturated rings. The normalized spacial score (nSPS) is 14.8. The minimum Gasteiger partial charge on any atom is -0.411 e. The van der Waals surface area contributed by atoms with Crippen LogP contribution < -0.4 is 0 Å². The maximum absolute atomic E-state index is 6.42. The largest absolute Gasteiger partial charge is 0.411 e. The monoisotopic (exact) mass is 254 g/mol. The molecule has 0 spiro atoms. The van der Waals surface area contributed by atoms with Crippen molar-refractivity contribution in [3.63, 3.8) is 0 Å². The predicted octanol–water partition coefficient (Wildman–Crippen LogP) is 5.31. The molecule has 0 aromatic heterocycles. The van der Waals surface area contributed by atoms with E-state index in [4.69, 9.17) is 4.43 Å². The minimum absolute atomic E-state index is 0.247. The fraction of sp³-hybridized carbons (Fsp3) is 0.733. The minimum atomic E-state index is -1.47. The van der Waals surface area contributed by atoms with E-state index in [1.807, 2.05) is 6.08 Å². The molecule has 0 N–H and O–H groups in total. The summed E-state index contributed by atoms with van der Waals surface area (Å²) >= 11 is 0. The number of allylic oxidation sites excluding steroid dienone is 2. The van der Waals surface area contributed by atoms with Gasteiger partial charge >= 0.3 is 0 Å². The Labute approximate surface area is 109 Å². The SMILES string of the molecule is C=C[C@@H](CC/C(C)=C/C)O[Si](CC)(CC)CC. The van der Waals surface area contributed by atoms with Crippen LogP contribution in [0.1, 0.15) is 47.5 Å². The van der Waals surface area contributed by atoms with E-state index >= 15 is 0 Å². The fourth-order valence-corrected chi connectivity index (χ4v) is 4.92. The second-order valence-corrected chi connectivity index (χ2v) is 9.53. The zero-order valence-corrected chi connectivity index (χ0v) is 13.4. The summed E-state index contributed by atoms with van der Waals surface area (Å²) in [4.78, 5) is 0. The third-order valence-corrected chi connectivity index (χ3v) is 8.58. The topological polar surface area (TPSA) is 9.23 Å². The predicted molar refractivity (Wildman–Crippen MR) is 80.9 cm³/mol. The van der Waals surface area contributed by atoms with Crippen LogP contribution in [0.15, 0.2) is 24.3 Å². The summed E-state index contributed by atoms with van der Waals surface area (Å²) in [5.74, 6) is 0. The van der Waals surface area contributed by atoms with Crippen LogP contribution in [0, 0.1) is 0 Å². The van der Waals surface area contributed by atoms with E-state index in [2.05, 4.69) is 47.3 Å². The molecule has 17 heavy (non-hydrogen) atoms. The third-order valence-electron chi connectivity index (χ3n) is 3.91. The highest BCUT2D eigenvalue weighted by Crippen LogP contribution is 2.25. The molecule has 0 aromatic rings. The Kier molecular flexibility index (Phi) is 8.53. The molecule has 0 bridgehead atoms. The Bertz CT molecular complexity index is 233. The first-order valence-electron chi connectivity index (χ1n) is 6.99. The average molecular weight is 254 g/mol. The van der Waals surface area contributed by atoms with Gasteiger partial charge in [0.15, 0.2) is 8.32 Å². The first kappa shape index (κ1) is 16.7. The number of hydrogen-bond donors (Lipinski definition) is 0. The van der Waals surface area contributed by atoms with Gasteiger partial charge in [0.1, 0.15) is 0 Å². The lowest BCUT2D eigenvalue weighted by molar-refractivity contribution is 0.223. The molecule has 0 saturated carbocycles. The summed E-state index contributed by atoms with van der Waals surface area (Å²) in [6, 6.07) is 3.65. The summed E-state index contributed by atoms with van der Waals surface area (Å²) in [7, 11) is -1.47. The second-order valence-electron chi connectivity index (χ2n) is 4.81. The Morgan fingerprint density at radius 2 is 1.76 bits per heavy atom. The first-order valence-corrected chi connectivity index (χ1v) is 9.52. The van der Waals surface area contributed by atoms with Crippen molar-refractivity contribution in [2.24, 2.45) is 0 Å². The van der Waals surface area contributed by atoms with Crippen molar-refractivity contribution in [3.8, 4) is 0 Å². The van der Waals surface area contributed by atoms with Crippen LogP contribution in [0.2, 0.25) is 18.1 Å². The number of hydrogen-bond acceptors (Lipinski definition) is 1. The summed E-state index contributed by atoms with van der Waals surface area (Å²) in [6.45, 7) is 15.0. The van der Waals surface area contributed by atoms with Gasteiger partial charge in [-0.3, -0.25) is 0 Å². The first-order chi connectivity index (χ1) is 8.07. The maximum Gasteiger partial charge on any atom is 0.192 e. The van der Waals surface area contributed by atoms with Crippen LogP contribution >= 0.6 is 0 Å². The van der Waals surface area contributed by atoms with Gasteiger partial charge in [0.05, 0.1) is 6.10 Å². The number of rotatable bonds is 9. The van der Waals surface area contributed by atoms with Crippen molar-refractivity contribution in [2.75, 3.05) is 0 Å². The molecule has 0 aliphatic rings. The molecule has 0 heterocycles. The van der Waals surface area contributed by atoms with Gasteiger partial charge in [-0.05, 0) is 44.8 Å². The second kappa shape index (κ2) is 8.70. The Morgan fingerprint density at radius 1 is 1.24 bits per heavy atom. The Morgan fingerprint density at radius 3 is 2.12 bits per heavy atom. The van der Waals surface area contributed by atoms with Gasteiger partial charge in [-0.15, -0.1) is 6.58 Å². The zero-order chi connectivity index (χ0) is 13.3. The molecule has 1 nitrogen and oxygen atoms in total. The van der Waals surface area contributed by atoms with Crippen LogP contribution in [0.25, 0.3) is 0 Å². The van der Waals surface area contributed by atoms with Crippen molar-refractivity contribution >= 4 is 8.32 Å². The zero-order valence-electron chi connectivity index (χ0n) is 12.4. The van der Waals surface area contributed by atoms with Crippen molar-refractivity contribution in [1.82, 2.24) is 0 Å². The van der Waals surface area contributed by atoms with Crippen LogP contribution in [-0.2, 0) is 4.43 Å². The molecule has 0 aliphatic carbocycles. The lowest BCUT2D eigenvalue weighted by Crippen LogP contribution is -2.39. The van der Waals surface area contributed by atoms with E-state index in [-0.39, 0.29) is 6.10 Å². The lowest BCUT2D eigenvalue weighted by Gasteiger charge is -2.32. The van der Waals surface area contributed by atoms with E-state index in [9.17, 15) is 0 Å². The average Bonchev–Trinajstić information content (AvgIpc) is 2.39. The molecular formula is C15H30OSi. The highest BCUT2D eigenvalue weighted by Gasteiger charge is 2.30. The maximum atomic E-state index is 6.42. The van der Waals surface area contributed by atoms with Crippen LogP contribution in [0.4, 0.5) is 0 Å². The van der Waals surface area contributed by atoms with E-state index in [0.717, 1.165) is 12.8 Å². The molecule has 100 valence electrons. The van der Waals surface area contributed by atoms with Gasteiger partial charge in [-0.25, -0.2) is 0 Å². The molecule has 0 rings (SSSR count). The molecule has 0 aliphatic heterocycles. The van der Waals surface area contributed by atoms with E-state index in [1.54, 1.807) is 0 Å². The lowest BCUT2D eigenvalue weighted by atomic mass is 10.1. The molecular weight excluding hydrogens is 224 g/mol. The highest BCUT2D eigenvalue weighted by molar-refractivity contribution is 6.73. The highest BCUT2D eigenvalue weighted by atomic mass is 28.4. The van der Waals surface area contributed by atoms with Crippen molar-refractivity contribution in [2.45, 2.75) is 71.7 Å². The summed E-state index contributed by atoms with van der Waals surface area (Å²) < 4.78 is 6.42. The Balaban J connectivity index is 4.41. The molecule has 0 amide bonds. The van der Waals surface area contributed by atoms with Gasteiger partial charge in [-0.2, -0.15) is 0 Å². The standard InChI is InChI=1S/C15H30OSi/c1-7-14(6)12-13-15(8-2)16-17(9-3,10-4)11-5/h7-8,15H,2,9-13H2,1,3-6H3/b14-7+/t15-/m0/s1. The van der Waals surface area contributed by atoms with Gasteiger partial charge in [-0.1, -0.05) is 38.5 Å².